The Labute approximate surface area is 156 Å². The van der Waals surface area contributed by atoms with Crippen molar-refractivity contribution >= 4 is 74.3 Å². The van der Waals surface area contributed by atoms with Gasteiger partial charge in [-0.15, -0.1) is 11.8 Å². The maximum absolute atomic E-state index is 13.4. The molecule has 23 heavy (non-hydrogen) atoms. The Morgan fingerprint density at radius 1 is 1.30 bits per heavy atom. The zero-order valence-corrected chi connectivity index (χ0v) is 16.9. The predicted molar refractivity (Wildman–Crippen MR) is 106 cm³/mol. The van der Waals surface area contributed by atoms with Gasteiger partial charge in [0.1, 0.15) is 22.3 Å². The van der Waals surface area contributed by atoms with E-state index in [2.05, 4.69) is 37.3 Å². The summed E-state index contributed by atoms with van der Waals surface area (Å²) in [4.78, 5) is 9.80. The Morgan fingerprint density at radius 2 is 2.09 bits per heavy atom. The quantitative estimate of drug-likeness (QED) is 0.222. The molecule has 0 bridgehead atoms. The van der Waals surface area contributed by atoms with Gasteiger partial charge in [-0.25, -0.2) is 14.4 Å². The Balaban J connectivity index is 2.14. The van der Waals surface area contributed by atoms with Gasteiger partial charge in [-0.3, -0.25) is 4.34 Å². The lowest BCUT2D eigenvalue weighted by Gasteiger charge is -2.11. The Bertz CT molecular complexity index is 889. The maximum Gasteiger partial charge on any atom is 0.167 e. The fourth-order valence-corrected chi connectivity index (χ4v) is 5.13. The zero-order chi connectivity index (χ0) is 16.6. The molecule has 9 heteroatoms. The summed E-state index contributed by atoms with van der Waals surface area (Å²) in [7, 11) is 0. The largest absolute Gasteiger partial charge is 0.353 e. The highest BCUT2D eigenvalue weighted by Crippen LogP contribution is 2.36. The number of nitrogens with zero attached hydrogens (tertiary/aromatic N) is 3. The number of nitrogens with one attached hydrogen (secondary N) is 1. The predicted octanol–water partition coefficient (Wildman–Crippen LogP) is 5.79. The average Bonchev–Trinajstić information content (AvgIpc) is 2.84. The van der Waals surface area contributed by atoms with Gasteiger partial charge in [0.05, 0.1) is 17.7 Å². The monoisotopic (exact) mass is 480 g/mol. The second-order valence-corrected chi connectivity index (χ2v) is 8.01. The molecule has 3 rings (SSSR count). The van der Waals surface area contributed by atoms with Crippen LogP contribution in [0, 0.1) is 12.7 Å². The second kappa shape index (κ2) is 7.09. The van der Waals surface area contributed by atoms with Gasteiger partial charge in [0.15, 0.2) is 5.65 Å². The van der Waals surface area contributed by atoms with E-state index in [1.807, 2.05) is 17.5 Å². The van der Waals surface area contributed by atoms with Crippen LogP contribution in [0.4, 0.5) is 15.8 Å². The van der Waals surface area contributed by atoms with E-state index in [-0.39, 0.29) is 5.82 Å². The van der Waals surface area contributed by atoms with E-state index in [1.165, 1.54) is 23.9 Å². The molecule has 0 aliphatic heterocycles. The van der Waals surface area contributed by atoms with Crippen molar-refractivity contribution in [3.8, 4) is 0 Å². The van der Waals surface area contributed by atoms with Crippen molar-refractivity contribution in [1.82, 2.24) is 14.3 Å². The van der Waals surface area contributed by atoms with Crippen molar-refractivity contribution in [3.63, 3.8) is 0 Å². The SMILES string of the molecule is CSc1cc(F)ccc1Nc1cc(Cl)nc2c1nc(C)n2PI. The van der Waals surface area contributed by atoms with Crippen molar-refractivity contribution in [1.29, 1.82) is 0 Å². The molecule has 0 amide bonds. The lowest BCUT2D eigenvalue weighted by molar-refractivity contribution is 0.624. The molecule has 120 valence electrons. The zero-order valence-electron chi connectivity index (χ0n) is 12.2. The Kier molecular flexibility index (Phi) is 5.30. The fraction of sp³-hybridized carbons (Fsp3) is 0.143. The first-order valence-corrected chi connectivity index (χ1v) is 12.2. The number of imidazole rings is 1. The number of anilines is 2. The Morgan fingerprint density at radius 3 is 2.78 bits per heavy atom. The molecule has 0 saturated heterocycles. The summed E-state index contributed by atoms with van der Waals surface area (Å²) in [5, 5.41) is 3.70. The van der Waals surface area contributed by atoms with Gasteiger partial charge in [0.25, 0.3) is 0 Å². The first-order chi connectivity index (χ1) is 11.0. The number of aromatic nitrogens is 3. The highest BCUT2D eigenvalue weighted by atomic mass is 127. The molecule has 2 aromatic heterocycles. The topological polar surface area (TPSA) is 42.7 Å². The molecule has 0 saturated carbocycles. The summed E-state index contributed by atoms with van der Waals surface area (Å²) in [6, 6.07) is 6.39. The van der Waals surface area contributed by atoms with Crippen molar-refractivity contribution in [2.24, 2.45) is 0 Å². The first-order valence-electron chi connectivity index (χ1n) is 6.56. The summed E-state index contributed by atoms with van der Waals surface area (Å²) in [5.74, 6) is 0.624. The molecule has 1 atom stereocenters. The molecule has 1 unspecified atom stereocenters. The third-order valence-corrected chi connectivity index (χ3v) is 6.39. The summed E-state index contributed by atoms with van der Waals surface area (Å²) in [5.41, 5.74) is 3.08. The van der Waals surface area contributed by atoms with E-state index < -0.39 is 0 Å². The number of fused-ring (bicyclic) bond motifs is 1. The van der Waals surface area contributed by atoms with E-state index in [0.717, 1.165) is 33.3 Å². The number of pyridine rings is 1. The van der Waals surface area contributed by atoms with Gasteiger partial charge in [-0.05, 0) is 53.4 Å². The van der Waals surface area contributed by atoms with Crippen LogP contribution in [0.3, 0.4) is 0 Å². The summed E-state index contributed by atoms with van der Waals surface area (Å²) in [6.45, 7) is 1.94. The number of hydrogen-bond acceptors (Lipinski definition) is 4. The molecule has 0 radical (unpaired) electrons. The van der Waals surface area contributed by atoms with Crippen LogP contribution in [0.1, 0.15) is 5.82 Å². The number of hydrogen-bond donors (Lipinski definition) is 1. The molecule has 1 N–H and O–H groups in total. The van der Waals surface area contributed by atoms with Crippen molar-refractivity contribution < 1.29 is 4.39 Å². The third-order valence-electron chi connectivity index (χ3n) is 3.27. The van der Waals surface area contributed by atoms with Gasteiger partial charge in [-0.2, -0.15) is 0 Å². The normalized spacial score (nSPS) is 11.7. The second-order valence-electron chi connectivity index (χ2n) is 4.71. The summed E-state index contributed by atoms with van der Waals surface area (Å²) >= 11 is 9.93. The van der Waals surface area contributed by atoms with Crippen molar-refractivity contribution in [3.05, 3.63) is 41.1 Å². The molecular formula is C14H12ClFIN4PS. The van der Waals surface area contributed by atoms with Crippen LogP contribution in [-0.2, 0) is 0 Å². The van der Waals surface area contributed by atoms with Crippen LogP contribution in [0.2, 0.25) is 5.15 Å². The van der Waals surface area contributed by atoms with Crippen LogP contribution in [0.15, 0.2) is 29.2 Å². The lowest BCUT2D eigenvalue weighted by atomic mass is 10.3. The molecule has 3 aromatic rings. The van der Waals surface area contributed by atoms with Gasteiger partial charge in [0.2, 0.25) is 0 Å². The van der Waals surface area contributed by atoms with Crippen LogP contribution >= 0.6 is 51.8 Å². The van der Waals surface area contributed by atoms with Gasteiger partial charge < -0.3 is 5.32 Å². The van der Waals surface area contributed by atoms with Gasteiger partial charge in [0, 0.05) is 11.0 Å². The highest BCUT2D eigenvalue weighted by Gasteiger charge is 2.15. The Hall–Kier alpha value is -0.630. The summed E-state index contributed by atoms with van der Waals surface area (Å²) < 4.78 is 15.4. The van der Waals surface area contributed by atoms with Gasteiger partial charge in [-0.1, -0.05) is 11.6 Å². The van der Waals surface area contributed by atoms with Crippen LogP contribution in [0.5, 0.6) is 0 Å². The van der Waals surface area contributed by atoms with E-state index in [1.54, 1.807) is 12.1 Å². The average molecular weight is 481 g/mol. The van der Waals surface area contributed by atoms with E-state index in [4.69, 9.17) is 11.6 Å². The first kappa shape index (κ1) is 17.2. The van der Waals surface area contributed by atoms with Gasteiger partial charge >= 0.3 is 0 Å². The number of benzene rings is 1. The third kappa shape index (κ3) is 3.43. The van der Waals surface area contributed by atoms with Crippen LogP contribution in [-0.4, -0.2) is 20.6 Å². The molecule has 0 fully saturated rings. The molecular weight excluding hydrogens is 469 g/mol. The van der Waals surface area contributed by atoms with Crippen LogP contribution in [0.25, 0.3) is 11.2 Å². The minimum atomic E-state index is -0.260. The lowest BCUT2D eigenvalue weighted by Crippen LogP contribution is -1.96. The fourth-order valence-electron chi connectivity index (χ4n) is 2.24. The highest BCUT2D eigenvalue weighted by molar-refractivity contribution is 14.2. The van der Waals surface area contributed by atoms with E-state index in [9.17, 15) is 4.39 Å². The maximum atomic E-state index is 13.4. The molecule has 0 aliphatic rings. The number of rotatable bonds is 4. The number of aryl methyl sites for hydroxylation is 1. The standard InChI is InChI=1S/C14H12ClFIN4PS/c1-7-18-13-10(6-12(15)20-14(13)21(7)22-17)19-9-4-3-8(16)5-11(9)23-2/h3-6,22H,1-2H3,(H,19,20). The van der Waals surface area contributed by atoms with E-state index in [0.29, 0.717) is 11.5 Å². The molecule has 1 aromatic carbocycles. The van der Waals surface area contributed by atoms with Crippen molar-refractivity contribution in [2.75, 3.05) is 11.6 Å². The van der Waals surface area contributed by atoms with E-state index >= 15 is 0 Å². The minimum absolute atomic E-state index is 0.260. The van der Waals surface area contributed by atoms with Crippen molar-refractivity contribution in [2.45, 2.75) is 11.8 Å². The molecule has 2 heterocycles. The molecule has 0 spiro atoms. The van der Waals surface area contributed by atoms with Crippen LogP contribution < -0.4 is 5.32 Å². The molecule has 4 nitrogen and oxygen atoms in total. The smallest absolute Gasteiger partial charge is 0.167 e. The summed E-state index contributed by atoms with van der Waals surface area (Å²) in [6.07, 6.45) is 2.39. The molecule has 0 aliphatic carbocycles. The number of thioether (sulfide) groups is 1. The minimum Gasteiger partial charge on any atom is -0.353 e. The number of halogens is 3.